The molecule has 1 unspecified atom stereocenters. The predicted molar refractivity (Wildman–Crippen MR) is 524 cm³/mol. The van der Waals surface area contributed by atoms with E-state index >= 15 is 0 Å². The topological polar surface area (TPSA) is 11.6 Å². The maximum Gasteiger partial charge on any atom is 0.169 e. The molecule has 1 radical (unpaired) electrons. The molecule has 0 saturated carbocycles. The molecule has 3 aromatic carbocycles. The van der Waals surface area contributed by atoms with Crippen LogP contribution >= 0.6 is 21.6 Å². The minimum atomic E-state index is 0. The summed E-state index contributed by atoms with van der Waals surface area (Å²) in [6.07, 6.45) is 32.4. The van der Waals surface area contributed by atoms with E-state index in [9.17, 15) is 0 Å². The van der Waals surface area contributed by atoms with E-state index in [-0.39, 0.29) is 32.7 Å². The molecule has 6 aromatic rings. The molecule has 1 atom stereocenters. The summed E-state index contributed by atoms with van der Waals surface area (Å²) < 4.78 is 6.68. The number of hydrogen-bond donors (Lipinski definition) is 0. The normalized spacial score (nSPS) is 9.82. The quantitative estimate of drug-likeness (QED) is 0.0398. The average molecular weight is 1660 g/mol. The van der Waals surface area contributed by atoms with E-state index < -0.39 is 0 Å². The molecule has 0 spiro atoms. The summed E-state index contributed by atoms with van der Waals surface area (Å²) >= 11 is 4.84. The smallest absolute Gasteiger partial charge is 0.169 e. The number of allylic oxidation sites excluding steroid dienone is 6. The first-order valence-electron chi connectivity index (χ1n) is 44.8. The van der Waals surface area contributed by atoms with Gasteiger partial charge < -0.3 is 12.6 Å². The van der Waals surface area contributed by atoms with Crippen LogP contribution in [0.5, 0.6) is 0 Å². The number of aryl methyl sites for hydroxylation is 8. The zero-order valence-corrected chi connectivity index (χ0v) is 87.7. The van der Waals surface area contributed by atoms with Gasteiger partial charge in [0, 0.05) is 93.5 Å². The van der Waals surface area contributed by atoms with Crippen molar-refractivity contribution in [2.75, 3.05) is 17.3 Å². The molecule has 0 bridgehead atoms. The Hall–Kier alpha value is -3.52. The van der Waals surface area contributed by atoms with Crippen LogP contribution in [0.1, 0.15) is 395 Å². The third-order valence-corrected chi connectivity index (χ3v) is 17.3. The Bertz CT molecular complexity index is 2270. The van der Waals surface area contributed by atoms with Crippen LogP contribution in [0.2, 0.25) is 0 Å². The van der Waals surface area contributed by atoms with Gasteiger partial charge in [-0.3, -0.25) is 0 Å². The standard InChI is InChI=1S/C17H24N2S2.3C10H12.C8H11NS.3C6H12.15C2H6.Y/c1-17(19-13-6-3-7-14-19)9-16-21-20-15-8-12-18-10-4-2-5-11-18;3*1-2-6-10-8-4-3-7-9(10)5-1;10-8-4-7-9-5-2-1-3-6-9;3*1-5(2)6(3)4;15*1-2;/h2-7,10-11,13-14,17H,8-9,12,15-16H2,1H3;3*1-2,5-6H,3-4,7-8H2;1-3,5-6H,4,7-8H2;3*1-4H3;15*1-2H3;/q+2;;;;;;;;;;;;;;;;;;;;;;;. The largest absolute Gasteiger partial charge is 0.792 e. The van der Waals surface area contributed by atoms with Crippen molar-refractivity contribution in [3.05, 3.63) is 231 Å². The number of rotatable bonds is 12. The second-order valence-corrected chi connectivity index (χ2v) is 25.3. The van der Waals surface area contributed by atoms with Crippen LogP contribution in [0.25, 0.3) is 0 Å². The molecule has 3 aliphatic carbocycles. The number of benzene rings is 3. The van der Waals surface area contributed by atoms with Gasteiger partial charge in [0.1, 0.15) is 13.1 Å². The fourth-order valence-corrected chi connectivity index (χ4v) is 10.3. The fraction of sp³-hybridized carbons (Fsp3) is 0.621. The molecule has 3 aliphatic rings. The van der Waals surface area contributed by atoms with Gasteiger partial charge in [0.15, 0.2) is 43.2 Å². The fourth-order valence-electron chi connectivity index (χ4n) is 7.94. The first kappa shape index (κ1) is 142. The van der Waals surface area contributed by atoms with E-state index in [1.54, 1.807) is 33.4 Å². The summed E-state index contributed by atoms with van der Waals surface area (Å²) in [6, 6.07) is 45.6. The molecule has 7 heteroatoms. The molecular weight excluding hydrogens is 1460 g/mol. The number of pyridine rings is 3. The van der Waals surface area contributed by atoms with Crippen molar-refractivity contribution >= 4 is 34.2 Å². The Morgan fingerprint density at radius 3 is 0.673 bits per heavy atom. The van der Waals surface area contributed by atoms with Crippen molar-refractivity contribution in [1.29, 1.82) is 0 Å². The van der Waals surface area contributed by atoms with Crippen LogP contribution in [-0.4, -0.2) is 17.3 Å². The van der Waals surface area contributed by atoms with Crippen molar-refractivity contribution in [1.82, 2.24) is 0 Å². The van der Waals surface area contributed by atoms with Gasteiger partial charge in [-0.2, -0.15) is 5.75 Å². The van der Waals surface area contributed by atoms with E-state index in [1.807, 2.05) is 247 Å². The maximum atomic E-state index is 4.84. The zero-order chi connectivity index (χ0) is 87.9. The van der Waals surface area contributed by atoms with Gasteiger partial charge in [0.2, 0.25) is 0 Å². The molecule has 3 nitrogen and oxygen atoms in total. The van der Waals surface area contributed by atoms with Crippen molar-refractivity contribution in [2.24, 2.45) is 0 Å². The van der Waals surface area contributed by atoms with Crippen molar-refractivity contribution in [2.45, 2.75) is 413 Å². The molecule has 0 N–H and O–H groups in total. The molecule has 3 heterocycles. The number of hydrogen-bond acceptors (Lipinski definition) is 3. The second-order valence-electron chi connectivity index (χ2n) is 22.2. The Morgan fingerprint density at radius 2 is 0.473 bits per heavy atom. The van der Waals surface area contributed by atoms with E-state index in [4.69, 9.17) is 12.6 Å². The summed E-state index contributed by atoms with van der Waals surface area (Å²) in [4.78, 5) is 0. The number of nitrogens with zero attached hydrogens (tertiary/aromatic N) is 3. The summed E-state index contributed by atoms with van der Waals surface area (Å²) in [5.74, 6) is 3.29. The Kier molecular flexibility index (Phi) is 170. The number of aromatic nitrogens is 3. The molecular formula is C103H197N3S3Y+2. The van der Waals surface area contributed by atoms with Crippen molar-refractivity contribution in [3.8, 4) is 0 Å². The molecule has 9 rings (SSSR count). The van der Waals surface area contributed by atoms with E-state index in [2.05, 4.69) is 250 Å². The average Bonchev–Trinajstić information content (AvgIpc) is 0.884. The van der Waals surface area contributed by atoms with Crippen LogP contribution in [0.3, 0.4) is 0 Å². The van der Waals surface area contributed by atoms with Gasteiger partial charge in [-0.1, -0.05) is 354 Å². The first-order chi connectivity index (χ1) is 53.1. The third kappa shape index (κ3) is 102. The van der Waals surface area contributed by atoms with Crippen LogP contribution in [0.4, 0.5) is 0 Å². The summed E-state index contributed by atoms with van der Waals surface area (Å²) in [5.41, 5.74) is 18.0. The summed E-state index contributed by atoms with van der Waals surface area (Å²) in [6.45, 7) is 89.9. The summed E-state index contributed by atoms with van der Waals surface area (Å²) in [7, 11) is 4.01. The third-order valence-electron chi connectivity index (χ3n) is 14.5. The Morgan fingerprint density at radius 1 is 0.282 bits per heavy atom. The molecule has 0 aliphatic heterocycles. The molecule has 3 aromatic heterocycles. The van der Waals surface area contributed by atoms with Crippen molar-refractivity contribution < 1.29 is 46.4 Å². The van der Waals surface area contributed by atoms with Crippen LogP contribution in [0, 0.1) is 0 Å². The van der Waals surface area contributed by atoms with Gasteiger partial charge in [-0.25, -0.2) is 13.7 Å². The molecule has 643 valence electrons. The van der Waals surface area contributed by atoms with Gasteiger partial charge in [-0.15, -0.1) is 0 Å². The monoisotopic (exact) mass is 1660 g/mol. The van der Waals surface area contributed by atoms with E-state index in [1.165, 1.54) is 135 Å². The Balaban J connectivity index is -0.0000000702. The maximum absolute atomic E-state index is 4.84. The van der Waals surface area contributed by atoms with Crippen molar-refractivity contribution in [3.63, 3.8) is 0 Å². The van der Waals surface area contributed by atoms with E-state index in [0.29, 0.717) is 6.04 Å². The summed E-state index contributed by atoms with van der Waals surface area (Å²) in [5, 5.41) is 0. The zero-order valence-electron chi connectivity index (χ0n) is 82.5. The van der Waals surface area contributed by atoms with Crippen LogP contribution in [-0.2, 0) is 97.0 Å². The Labute approximate surface area is 736 Å². The first-order valence-corrected chi connectivity index (χ1v) is 47.9. The van der Waals surface area contributed by atoms with Gasteiger partial charge in [0.25, 0.3) is 0 Å². The van der Waals surface area contributed by atoms with Gasteiger partial charge in [0.05, 0.1) is 0 Å². The van der Waals surface area contributed by atoms with Crippen LogP contribution in [0.15, 0.2) is 198 Å². The van der Waals surface area contributed by atoms with Gasteiger partial charge >= 0.3 is 0 Å². The minimum Gasteiger partial charge on any atom is -0.792 e. The second kappa shape index (κ2) is 132. The molecule has 0 fully saturated rings. The SMILES string of the molecule is CC.CC.CC.CC.CC.CC.CC.CC.CC.CC.CC.CC.CC.CC.CC.CC(C)=C(C)C.CC(C)=C(C)C.CC(C)=C(C)C.CC(CCSSCCC[n+]1ccccc1)[n+]1ccccc1.[S-]CCC[n+]1ccccc1.[Y].c1ccc2c(c1)CCCC2.c1ccc2c(c1)CCCC2.c1ccc2c(c1)CCCC2. The molecule has 110 heavy (non-hydrogen) atoms. The predicted octanol–water partition coefficient (Wildman–Crippen LogP) is 34.8. The van der Waals surface area contributed by atoms with Gasteiger partial charge in [-0.05, 0) is 207 Å². The minimum absolute atomic E-state index is 0. The number of fused-ring (bicyclic) bond motifs is 3. The van der Waals surface area contributed by atoms with Crippen LogP contribution < -0.4 is 13.7 Å². The molecule has 0 saturated heterocycles. The van der Waals surface area contributed by atoms with E-state index in [0.717, 1.165) is 25.3 Å². The molecule has 0 amide bonds.